The van der Waals surface area contributed by atoms with Crippen LogP contribution in [0.3, 0.4) is 0 Å². The minimum Gasteiger partial charge on any atom is -0.779 e. The highest BCUT2D eigenvalue weighted by atomic mass is 14.4. The second-order valence-corrected chi connectivity index (χ2v) is 4.67. The molecular weight excluding hydrogens is 244 g/mol. The van der Waals surface area contributed by atoms with Crippen molar-refractivity contribution in [3.63, 3.8) is 0 Å². The van der Waals surface area contributed by atoms with Gasteiger partial charge in [-0.15, -0.1) is 0 Å². The number of hydrogen-bond donors (Lipinski definition) is 0. The Hall–Kier alpha value is -2.74. The molecule has 94 valence electrons. The molecule has 0 radical (unpaired) electrons. The molecule has 1 aromatic rings. The van der Waals surface area contributed by atoms with Crippen LogP contribution in [-0.2, 0) is 0 Å². The van der Waals surface area contributed by atoms with Gasteiger partial charge in [0.2, 0.25) is 0 Å². The Balaban J connectivity index is 1.91. The molecule has 0 bridgehead atoms. The van der Waals surface area contributed by atoms with Gasteiger partial charge in [0.25, 0.3) is 0 Å². The van der Waals surface area contributed by atoms with Crippen molar-refractivity contribution in [3.8, 4) is 0 Å². The van der Waals surface area contributed by atoms with Crippen molar-refractivity contribution in [2.75, 3.05) is 0 Å². The molecule has 0 saturated heterocycles. The Labute approximate surface area is 118 Å². The summed E-state index contributed by atoms with van der Waals surface area (Å²) in [4.78, 5) is 0. The van der Waals surface area contributed by atoms with E-state index >= 15 is 0 Å². The van der Waals surface area contributed by atoms with Crippen molar-refractivity contribution in [1.29, 1.82) is 0 Å². The summed E-state index contributed by atoms with van der Waals surface area (Å²) in [7, 11) is 0. The first-order chi connectivity index (χ1) is 9.72. The van der Waals surface area contributed by atoms with Crippen molar-refractivity contribution in [1.82, 2.24) is 0 Å². The van der Waals surface area contributed by atoms with Crippen molar-refractivity contribution in [3.05, 3.63) is 95.5 Å². The van der Waals surface area contributed by atoms with Crippen molar-refractivity contribution in [2.24, 2.45) is 0 Å². The minimum absolute atomic E-state index is 0.267. The molecule has 0 heterocycles. The molecule has 20 heavy (non-hydrogen) atoms. The molecule has 2 aliphatic carbocycles. The van der Waals surface area contributed by atoms with Crippen LogP contribution in [0, 0.1) is 12.8 Å². The normalized spacial score (nSPS) is 17.2. The number of nitrogens with zero attached hydrogens (tertiary/aromatic N) is 2. The Morgan fingerprint density at radius 3 is 1.60 bits per heavy atom. The van der Waals surface area contributed by atoms with Crippen LogP contribution < -0.4 is 0 Å². The summed E-state index contributed by atoms with van der Waals surface area (Å²) in [6.45, 7) is 0. The van der Waals surface area contributed by atoms with Gasteiger partial charge < -0.3 is 10.8 Å². The van der Waals surface area contributed by atoms with E-state index in [2.05, 4.69) is 6.07 Å². The van der Waals surface area contributed by atoms with Gasteiger partial charge in [-0.2, -0.15) is 0 Å². The van der Waals surface area contributed by atoms with Gasteiger partial charge >= 0.3 is 0 Å². The van der Waals surface area contributed by atoms with Crippen LogP contribution in [0.5, 0.6) is 0 Å². The Kier molecular flexibility index (Phi) is 3.13. The Morgan fingerprint density at radius 2 is 1.20 bits per heavy atom. The molecule has 2 heteroatoms. The van der Waals surface area contributed by atoms with E-state index < -0.39 is 0 Å². The van der Waals surface area contributed by atoms with Crippen LogP contribution in [0.1, 0.15) is 11.1 Å². The van der Waals surface area contributed by atoms with Crippen molar-refractivity contribution < 1.29 is 0 Å². The van der Waals surface area contributed by atoms with Gasteiger partial charge in [0.05, 0.1) is 35.5 Å². The lowest BCUT2D eigenvalue weighted by molar-refractivity contribution is 1.55. The minimum atomic E-state index is 0.267. The topological polar surface area (TPSA) is 44.6 Å². The van der Waals surface area contributed by atoms with E-state index in [0.29, 0.717) is 0 Å². The third-order valence-electron chi connectivity index (χ3n) is 3.26. The molecule has 0 saturated carbocycles. The van der Waals surface area contributed by atoms with Crippen molar-refractivity contribution in [2.45, 2.75) is 0 Å². The maximum absolute atomic E-state index is 9.34. The van der Waals surface area contributed by atoms with E-state index in [0.717, 1.165) is 22.3 Å². The third-order valence-corrected chi connectivity index (χ3v) is 3.26. The Morgan fingerprint density at radius 1 is 0.700 bits per heavy atom. The molecule has 0 aliphatic heterocycles. The van der Waals surface area contributed by atoms with E-state index in [4.69, 9.17) is 0 Å². The van der Waals surface area contributed by atoms with E-state index in [-0.39, 0.29) is 11.4 Å². The van der Waals surface area contributed by atoms with Crippen LogP contribution in [-0.4, -0.2) is 11.4 Å². The zero-order valence-corrected chi connectivity index (χ0v) is 10.8. The fraction of sp³-hybridized carbons (Fsp3) is 0. The summed E-state index contributed by atoms with van der Waals surface area (Å²) in [5, 5.41) is 18.7. The van der Waals surface area contributed by atoms with Crippen LogP contribution in [0.4, 0.5) is 0 Å². The number of allylic oxidation sites excluding steroid dienone is 8. The average molecular weight is 256 g/mol. The number of hydrogen-bond acceptors (Lipinski definition) is 0. The molecule has 0 atom stereocenters. The average Bonchev–Trinajstić information content (AvgIpc) is 2.49. The molecular formula is C18H12N2. The first-order valence-electron chi connectivity index (χ1n) is 6.41. The van der Waals surface area contributed by atoms with Crippen molar-refractivity contribution >= 4 is 22.6 Å². The monoisotopic (exact) mass is 256 g/mol. The fourth-order valence-corrected chi connectivity index (χ4v) is 2.19. The molecule has 0 aromatic heterocycles. The van der Waals surface area contributed by atoms with E-state index in [1.807, 2.05) is 42.5 Å². The highest BCUT2D eigenvalue weighted by molar-refractivity contribution is 6.11. The molecule has 2 nitrogen and oxygen atoms in total. The van der Waals surface area contributed by atoms with Crippen LogP contribution in [0.15, 0.2) is 60.7 Å². The second-order valence-electron chi connectivity index (χ2n) is 4.67. The van der Waals surface area contributed by atoms with Gasteiger partial charge in [0, 0.05) is 36.1 Å². The Bertz CT molecular complexity index is 643. The summed E-state index contributed by atoms with van der Waals surface area (Å²) in [5.74, 6) is 0. The summed E-state index contributed by atoms with van der Waals surface area (Å²) < 4.78 is 0. The molecule has 0 spiro atoms. The standard InChI is InChI=1S/C18H12N2/c19-17-8-4-13(5-9-17)15-2-1-3-16(12-15)14-6-10-18(20)11-7-14/h1-12H. The van der Waals surface area contributed by atoms with E-state index in [9.17, 15) is 10.8 Å². The highest BCUT2D eigenvalue weighted by Crippen LogP contribution is 2.25. The first-order valence-corrected chi connectivity index (χ1v) is 6.41. The van der Waals surface area contributed by atoms with Gasteiger partial charge in [0.15, 0.2) is 0 Å². The van der Waals surface area contributed by atoms with Crippen LogP contribution >= 0.6 is 0 Å². The lowest BCUT2D eigenvalue weighted by Gasteiger charge is -2.07. The van der Waals surface area contributed by atoms with Crippen LogP contribution in [0.25, 0.3) is 22.0 Å². The van der Waals surface area contributed by atoms with Gasteiger partial charge in [-0.05, 0) is 29.6 Å². The molecule has 3 rings (SSSR count). The molecule has 0 fully saturated rings. The lowest BCUT2D eigenvalue weighted by atomic mass is 9.93. The van der Waals surface area contributed by atoms with E-state index in [1.54, 1.807) is 25.0 Å². The quantitative estimate of drug-likeness (QED) is 0.717. The summed E-state index contributed by atoms with van der Waals surface area (Å²) in [6.07, 6.45) is 14.3. The summed E-state index contributed by atoms with van der Waals surface area (Å²) in [6, 6.07) is 8.18. The molecule has 0 unspecified atom stereocenters. The smallest absolute Gasteiger partial charge is 0.0837 e. The van der Waals surface area contributed by atoms with Gasteiger partial charge in [-0.3, -0.25) is 0 Å². The molecule has 1 aromatic carbocycles. The largest absolute Gasteiger partial charge is 0.779 e. The second kappa shape index (κ2) is 5.10. The third kappa shape index (κ3) is 2.50. The maximum Gasteiger partial charge on any atom is 0.0837 e. The first kappa shape index (κ1) is 12.3. The zero-order valence-electron chi connectivity index (χ0n) is 10.8. The number of rotatable bonds is 2. The van der Waals surface area contributed by atoms with Gasteiger partial charge in [-0.25, -0.2) is 0 Å². The lowest BCUT2D eigenvalue weighted by Crippen LogP contribution is -1.98. The van der Waals surface area contributed by atoms with E-state index in [1.165, 1.54) is 0 Å². The zero-order chi connectivity index (χ0) is 13.9. The fourth-order valence-electron chi connectivity index (χ4n) is 2.19. The number of benzene rings is 1. The summed E-state index contributed by atoms with van der Waals surface area (Å²) >= 11 is 0. The SMILES string of the molecule is [N-]=C1C=CC(c2cccc(C3=C[CH+]C(=[N-])C=C3)c2)=C[CH+]1. The van der Waals surface area contributed by atoms with Gasteiger partial charge in [-0.1, -0.05) is 6.07 Å². The summed E-state index contributed by atoms with van der Waals surface area (Å²) in [5.41, 5.74) is 4.84. The predicted molar refractivity (Wildman–Crippen MR) is 86.0 cm³/mol. The molecule has 0 amide bonds. The van der Waals surface area contributed by atoms with Gasteiger partial charge in [0.1, 0.15) is 0 Å². The molecule has 2 aliphatic rings. The maximum atomic E-state index is 9.34. The highest BCUT2D eigenvalue weighted by Gasteiger charge is 2.13. The van der Waals surface area contributed by atoms with Crippen LogP contribution in [0.2, 0.25) is 0 Å². The molecule has 0 N–H and O–H groups in total. The predicted octanol–water partition coefficient (Wildman–Crippen LogP) is 4.02.